The summed E-state index contributed by atoms with van der Waals surface area (Å²) in [6.07, 6.45) is 0. The molecule has 6 nitrogen and oxygen atoms in total. The minimum absolute atomic E-state index is 0.139. The van der Waals surface area contributed by atoms with Crippen molar-refractivity contribution in [2.45, 2.75) is 0 Å². The molecule has 0 fully saturated rings. The molecule has 2 aliphatic heterocycles. The fourth-order valence-electron chi connectivity index (χ4n) is 2.82. The predicted octanol–water partition coefficient (Wildman–Crippen LogP) is 3.54. The van der Waals surface area contributed by atoms with E-state index in [1.165, 1.54) is 13.1 Å². The highest BCUT2D eigenvalue weighted by atomic mass is 35.5. The van der Waals surface area contributed by atoms with E-state index in [-0.39, 0.29) is 23.1 Å². The lowest BCUT2D eigenvalue weighted by atomic mass is 10.0. The second-order valence-corrected chi connectivity index (χ2v) is 6.58. The van der Waals surface area contributed by atoms with Crippen molar-refractivity contribution in [1.29, 1.82) is 0 Å². The maximum absolute atomic E-state index is 12.6. The van der Waals surface area contributed by atoms with Crippen molar-refractivity contribution in [2.24, 2.45) is 0 Å². The molecule has 2 heterocycles. The van der Waals surface area contributed by atoms with Gasteiger partial charge in [-0.25, -0.2) is 0 Å². The van der Waals surface area contributed by atoms with Crippen LogP contribution in [0.4, 0.5) is 5.69 Å². The standard InChI is InChI=1S/C18H12Cl2N2O4/c1-22-17(23)15(11-4-2-9(19)6-12(11)20)16(18(22)24)21-10-3-5-13-14(7-10)26-8-25-13/h2-7,21H,8H2,1H3. The third-order valence-electron chi connectivity index (χ3n) is 4.13. The number of hydrogen-bond donors (Lipinski definition) is 1. The maximum atomic E-state index is 12.6. The van der Waals surface area contributed by atoms with Crippen LogP contribution in [0.25, 0.3) is 5.57 Å². The van der Waals surface area contributed by atoms with Gasteiger partial charge in [0.1, 0.15) is 5.70 Å². The third-order valence-corrected chi connectivity index (χ3v) is 4.68. The number of amides is 2. The van der Waals surface area contributed by atoms with Gasteiger partial charge in [-0.15, -0.1) is 0 Å². The topological polar surface area (TPSA) is 67.9 Å². The zero-order chi connectivity index (χ0) is 18.4. The largest absolute Gasteiger partial charge is 0.454 e. The predicted molar refractivity (Wildman–Crippen MR) is 97.3 cm³/mol. The van der Waals surface area contributed by atoms with Crippen LogP contribution >= 0.6 is 23.2 Å². The average molecular weight is 391 g/mol. The monoisotopic (exact) mass is 390 g/mol. The molecule has 2 amide bonds. The molecule has 0 saturated heterocycles. The highest BCUT2D eigenvalue weighted by molar-refractivity contribution is 6.41. The van der Waals surface area contributed by atoms with Crippen LogP contribution in [0.5, 0.6) is 11.5 Å². The Bertz CT molecular complexity index is 987. The molecule has 26 heavy (non-hydrogen) atoms. The first kappa shape index (κ1) is 16.8. The van der Waals surface area contributed by atoms with Crippen LogP contribution in [0, 0.1) is 0 Å². The summed E-state index contributed by atoms with van der Waals surface area (Å²) in [5.74, 6) is 0.291. The molecule has 1 N–H and O–H groups in total. The molecule has 132 valence electrons. The van der Waals surface area contributed by atoms with Crippen LogP contribution < -0.4 is 14.8 Å². The molecule has 0 radical (unpaired) electrons. The highest BCUT2D eigenvalue weighted by Crippen LogP contribution is 2.37. The van der Waals surface area contributed by atoms with E-state index in [4.69, 9.17) is 32.7 Å². The Morgan fingerprint density at radius 3 is 2.54 bits per heavy atom. The number of benzene rings is 2. The van der Waals surface area contributed by atoms with E-state index in [9.17, 15) is 9.59 Å². The zero-order valence-corrected chi connectivity index (χ0v) is 15.0. The second kappa shape index (κ2) is 6.23. The molecule has 0 bridgehead atoms. The molecule has 8 heteroatoms. The van der Waals surface area contributed by atoms with Gasteiger partial charge in [0.15, 0.2) is 11.5 Å². The van der Waals surface area contributed by atoms with Gasteiger partial charge in [-0.05, 0) is 24.3 Å². The molecule has 2 aliphatic rings. The fraction of sp³-hybridized carbons (Fsp3) is 0.111. The Kier molecular flexibility index (Phi) is 4.01. The molecule has 2 aromatic carbocycles. The van der Waals surface area contributed by atoms with E-state index >= 15 is 0 Å². The summed E-state index contributed by atoms with van der Waals surface area (Å²) in [7, 11) is 1.42. The van der Waals surface area contributed by atoms with Gasteiger partial charge in [0, 0.05) is 29.4 Å². The quantitative estimate of drug-likeness (QED) is 0.811. The number of nitrogens with zero attached hydrogens (tertiary/aromatic N) is 1. The number of anilines is 1. The molecular formula is C18H12Cl2N2O4. The van der Waals surface area contributed by atoms with Crippen molar-refractivity contribution in [3.8, 4) is 11.5 Å². The van der Waals surface area contributed by atoms with Gasteiger partial charge in [-0.1, -0.05) is 29.3 Å². The molecule has 0 unspecified atom stereocenters. The first-order valence-electron chi connectivity index (χ1n) is 7.64. The molecule has 0 aromatic heterocycles. The first-order chi connectivity index (χ1) is 12.5. The number of likely N-dealkylation sites (N-methyl/N-ethyl adjacent to an activating group) is 1. The van der Waals surface area contributed by atoms with Gasteiger partial charge in [0.2, 0.25) is 6.79 Å². The number of halogens is 2. The fourth-order valence-corrected chi connectivity index (χ4v) is 3.32. The van der Waals surface area contributed by atoms with Crippen LogP contribution in [-0.4, -0.2) is 30.6 Å². The first-order valence-corrected chi connectivity index (χ1v) is 8.40. The SMILES string of the molecule is CN1C(=O)C(Nc2ccc3c(c2)OCO3)=C(c2ccc(Cl)cc2Cl)C1=O. The van der Waals surface area contributed by atoms with Crippen molar-refractivity contribution in [3.63, 3.8) is 0 Å². The van der Waals surface area contributed by atoms with Crippen LogP contribution in [0.3, 0.4) is 0 Å². The van der Waals surface area contributed by atoms with E-state index in [2.05, 4.69) is 5.32 Å². The van der Waals surface area contributed by atoms with Crippen LogP contribution in [0.15, 0.2) is 42.1 Å². The van der Waals surface area contributed by atoms with Crippen molar-refractivity contribution in [3.05, 3.63) is 57.7 Å². The van der Waals surface area contributed by atoms with E-state index in [0.29, 0.717) is 27.8 Å². The zero-order valence-electron chi connectivity index (χ0n) is 13.5. The normalized spacial score (nSPS) is 15.9. The van der Waals surface area contributed by atoms with Crippen LogP contribution in [-0.2, 0) is 9.59 Å². The number of hydrogen-bond acceptors (Lipinski definition) is 5. The van der Waals surface area contributed by atoms with Gasteiger partial charge >= 0.3 is 0 Å². The lowest BCUT2D eigenvalue weighted by Gasteiger charge is -2.10. The summed E-state index contributed by atoms with van der Waals surface area (Å²) >= 11 is 12.2. The molecule has 0 aliphatic carbocycles. The third kappa shape index (κ3) is 2.67. The van der Waals surface area contributed by atoms with Crippen molar-refractivity contribution >= 4 is 46.3 Å². The summed E-state index contributed by atoms with van der Waals surface area (Å²) in [4.78, 5) is 26.2. The minimum Gasteiger partial charge on any atom is -0.454 e. The lowest BCUT2D eigenvalue weighted by molar-refractivity contribution is -0.135. The maximum Gasteiger partial charge on any atom is 0.277 e. The number of fused-ring (bicyclic) bond motifs is 1. The highest BCUT2D eigenvalue weighted by Gasteiger charge is 2.37. The number of rotatable bonds is 3. The Balaban J connectivity index is 1.80. The molecule has 2 aromatic rings. The smallest absolute Gasteiger partial charge is 0.277 e. The van der Waals surface area contributed by atoms with E-state index in [0.717, 1.165) is 4.90 Å². The Morgan fingerprint density at radius 2 is 1.77 bits per heavy atom. The van der Waals surface area contributed by atoms with Crippen molar-refractivity contribution in [1.82, 2.24) is 4.90 Å². The van der Waals surface area contributed by atoms with Gasteiger partial charge in [-0.2, -0.15) is 0 Å². The number of imide groups is 1. The number of carbonyl (C=O) groups is 2. The summed E-state index contributed by atoms with van der Waals surface area (Å²) in [5, 5.41) is 3.74. The van der Waals surface area contributed by atoms with Crippen molar-refractivity contribution in [2.75, 3.05) is 19.2 Å². The summed E-state index contributed by atoms with van der Waals surface area (Å²) in [6, 6.07) is 9.92. The van der Waals surface area contributed by atoms with Crippen LogP contribution in [0.2, 0.25) is 10.0 Å². The Labute approximate surface area is 158 Å². The van der Waals surface area contributed by atoms with Gasteiger partial charge in [0.25, 0.3) is 11.8 Å². The van der Waals surface area contributed by atoms with Gasteiger partial charge in [-0.3, -0.25) is 14.5 Å². The average Bonchev–Trinajstić information content (AvgIpc) is 3.15. The minimum atomic E-state index is -0.450. The second-order valence-electron chi connectivity index (χ2n) is 5.74. The van der Waals surface area contributed by atoms with E-state index < -0.39 is 11.8 Å². The molecule has 0 spiro atoms. The molecule has 0 atom stereocenters. The van der Waals surface area contributed by atoms with E-state index in [1.807, 2.05) is 0 Å². The number of nitrogens with one attached hydrogen (secondary N) is 1. The molecule has 0 saturated carbocycles. The molecule has 4 rings (SSSR count). The van der Waals surface area contributed by atoms with Gasteiger partial charge in [0.05, 0.1) is 10.6 Å². The summed E-state index contributed by atoms with van der Waals surface area (Å²) in [5.41, 5.74) is 1.35. The Hall–Kier alpha value is -2.70. The summed E-state index contributed by atoms with van der Waals surface area (Å²) < 4.78 is 10.6. The van der Waals surface area contributed by atoms with E-state index in [1.54, 1.807) is 30.3 Å². The number of carbonyl (C=O) groups excluding carboxylic acids is 2. The molecular weight excluding hydrogens is 379 g/mol. The number of ether oxygens (including phenoxy) is 2. The summed E-state index contributed by atoms with van der Waals surface area (Å²) in [6.45, 7) is 0.146. The lowest BCUT2D eigenvalue weighted by Crippen LogP contribution is -2.27. The van der Waals surface area contributed by atoms with Gasteiger partial charge < -0.3 is 14.8 Å². The van der Waals surface area contributed by atoms with Crippen LogP contribution in [0.1, 0.15) is 5.56 Å². The van der Waals surface area contributed by atoms with Crippen molar-refractivity contribution < 1.29 is 19.1 Å². The Morgan fingerprint density at radius 1 is 1.00 bits per heavy atom.